The predicted molar refractivity (Wildman–Crippen MR) is 82.6 cm³/mol. The summed E-state index contributed by atoms with van der Waals surface area (Å²) in [7, 11) is 0. The molecule has 0 saturated carbocycles. The first-order valence-electron chi connectivity index (χ1n) is 6.55. The van der Waals surface area contributed by atoms with E-state index < -0.39 is 0 Å². The Morgan fingerprint density at radius 1 is 0.857 bits per heavy atom. The second-order valence-corrected chi connectivity index (χ2v) is 4.41. The standard InChI is InChI=1S/C16H14N4O/c21-16(18-13-7-3-1-4-8-13)19-15-11-12-17-20(15)14-9-5-2-6-10-14/h1-12H,(H2,18,19,21). The van der Waals surface area contributed by atoms with Crippen molar-refractivity contribution < 1.29 is 4.79 Å². The molecule has 0 atom stereocenters. The molecule has 0 spiro atoms. The van der Waals surface area contributed by atoms with E-state index >= 15 is 0 Å². The van der Waals surface area contributed by atoms with Crippen molar-refractivity contribution in [2.45, 2.75) is 0 Å². The summed E-state index contributed by atoms with van der Waals surface area (Å²) in [5.41, 5.74) is 1.62. The van der Waals surface area contributed by atoms with Crippen LogP contribution < -0.4 is 10.6 Å². The molecule has 0 unspecified atom stereocenters. The summed E-state index contributed by atoms with van der Waals surface area (Å²) in [6, 6.07) is 20.3. The lowest BCUT2D eigenvalue weighted by Crippen LogP contribution is -2.21. The van der Waals surface area contributed by atoms with Crippen molar-refractivity contribution in [3.05, 3.63) is 72.9 Å². The van der Waals surface area contributed by atoms with Crippen LogP contribution in [0.15, 0.2) is 72.9 Å². The number of urea groups is 1. The third kappa shape index (κ3) is 3.09. The zero-order valence-electron chi connectivity index (χ0n) is 11.2. The summed E-state index contributed by atoms with van der Waals surface area (Å²) in [4.78, 5) is 12.0. The lowest BCUT2D eigenvalue weighted by molar-refractivity contribution is 0.262. The fraction of sp³-hybridized carbons (Fsp3) is 0. The molecule has 2 N–H and O–H groups in total. The molecule has 0 aliphatic rings. The molecule has 21 heavy (non-hydrogen) atoms. The molecule has 3 rings (SSSR count). The van der Waals surface area contributed by atoms with Crippen molar-refractivity contribution in [2.75, 3.05) is 10.6 Å². The molecule has 0 fully saturated rings. The van der Waals surface area contributed by atoms with Gasteiger partial charge in [0.15, 0.2) is 0 Å². The van der Waals surface area contributed by atoms with Gasteiger partial charge in [-0.1, -0.05) is 36.4 Å². The number of rotatable bonds is 3. The maximum atomic E-state index is 12.0. The average Bonchev–Trinajstić information content (AvgIpc) is 2.97. The average molecular weight is 278 g/mol. The second-order valence-electron chi connectivity index (χ2n) is 4.41. The van der Waals surface area contributed by atoms with Crippen LogP contribution in [0.3, 0.4) is 0 Å². The Morgan fingerprint density at radius 2 is 1.52 bits per heavy atom. The molecular formula is C16H14N4O. The topological polar surface area (TPSA) is 59.0 Å². The third-order valence-corrected chi connectivity index (χ3v) is 2.92. The molecule has 0 aliphatic carbocycles. The molecule has 1 aromatic heterocycles. The Kier molecular flexibility index (Phi) is 3.64. The van der Waals surface area contributed by atoms with Crippen molar-refractivity contribution in [1.82, 2.24) is 9.78 Å². The number of nitrogens with one attached hydrogen (secondary N) is 2. The molecule has 2 amide bonds. The van der Waals surface area contributed by atoms with Gasteiger partial charge in [0.05, 0.1) is 11.9 Å². The summed E-state index contributed by atoms with van der Waals surface area (Å²) in [6.07, 6.45) is 1.64. The number of hydrogen-bond donors (Lipinski definition) is 2. The predicted octanol–water partition coefficient (Wildman–Crippen LogP) is 3.52. The van der Waals surface area contributed by atoms with Crippen molar-refractivity contribution in [3.8, 4) is 5.69 Å². The quantitative estimate of drug-likeness (QED) is 0.770. The van der Waals surface area contributed by atoms with Gasteiger partial charge >= 0.3 is 6.03 Å². The van der Waals surface area contributed by atoms with Gasteiger partial charge in [0, 0.05) is 11.8 Å². The highest BCUT2D eigenvalue weighted by Gasteiger charge is 2.08. The Hall–Kier alpha value is -3.08. The Bertz CT molecular complexity index is 722. The molecule has 104 valence electrons. The van der Waals surface area contributed by atoms with Crippen molar-refractivity contribution in [1.29, 1.82) is 0 Å². The van der Waals surface area contributed by atoms with Gasteiger partial charge < -0.3 is 5.32 Å². The van der Waals surface area contributed by atoms with Crippen molar-refractivity contribution in [3.63, 3.8) is 0 Å². The van der Waals surface area contributed by atoms with Crippen LogP contribution in [0.25, 0.3) is 5.69 Å². The second kappa shape index (κ2) is 5.92. The van der Waals surface area contributed by atoms with Crippen LogP contribution in [0, 0.1) is 0 Å². The number of benzene rings is 2. The summed E-state index contributed by atoms with van der Waals surface area (Å²) in [5.74, 6) is 0.606. The van der Waals surface area contributed by atoms with Gasteiger partial charge in [-0.2, -0.15) is 5.10 Å². The smallest absolute Gasteiger partial charge is 0.308 e. The van der Waals surface area contributed by atoms with E-state index in [0.29, 0.717) is 5.82 Å². The van der Waals surface area contributed by atoms with Crippen LogP contribution in [0.4, 0.5) is 16.3 Å². The van der Waals surface area contributed by atoms with E-state index in [9.17, 15) is 4.79 Å². The van der Waals surface area contributed by atoms with Crippen LogP contribution >= 0.6 is 0 Å². The van der Waals surface area contributed by atoms with Crippen LogP contribution in [0.5, 0.6) is 0 Å². The molecule has 3 aromatic rings. The Labute approximate surface area is 122 Å². The fourth-order valence-corrected chi connectivity index (χ4v) is 1.97. The summed E-state index contributed by atoms with van der Waals surface area (Å²) < 4.78 is 1.67. The van der Waals surface area contributed by atoms with Gasteiger partial charge in [0.25, 0.3) is 0 Å². The number of aromatic nitrogens is 2. The van der Waals surface area contributed by atoms with Gasteiger partial charge in [0.2, 0.25) is 0 Å². The first-order chi connectivity index (χ1) is 10.3. The molecule has 0 bridgehead atoms. The zero-order valence-corrected chi connectivity index (χ0v) is 11.2. The van der Waals surface area contributed by atoms with Crippen molar-refractivity contribution in [2.24, 2.45) is 0 Å². The molecule has 2 aromatic carbocycles. The van der Waals surface area contributed by atoms with E-state index in [1.807, 2.05) is 60.7 Å². The van der Waals surface area contributed by atoms with Crippen molar-refractivity contribution >= 4 is 17.5 Å². The number of anilines is 2. The van der Waals surface area contributed by atoms with Crippen LogP contribution in [-0.2, 0) is 0 Å². The highest BCUT2D eigenvalue weighted by Crippen LogP contribution is 2.14. The number of nitrogens with zero attached hydrogens (tertiary/aromatic N) is 2. The number of carbonyl (C=O) groups excluding carboxylic acids is 1. The van der Waals surface area contributed by atoms with Gasteiger partial charge in [0.1, 0.15) is 5.82 Å². The SMILES string of the molecule is O=C(Nc1ccccc1)Nc1ccnn1-c1ccccc1. The normalized spacial score (nSPS) is 10.1. The van der Waals surface area contributed by atoms with E-state index in [1.54, 1.807) is 16.9 Å². The molecule has 5 heteroatoms. The lowest BCUT2D eigenvalue weighted by Gasteiger charge is -2.10. The highest BCUT2D eigenvalue weighted by atomic mass is 16.2. The molecule has 0 aliphatic heterocycles. The van der Waals surface area contributed by atoms with Crippen LogP contribution in [-0.4, -0.2) is 15.8 Å². The largest absolute Gasteiger partial charge is 0.324 e. The molecular weight excluding hydrogens is 264 g/mol. The zero-order chi connectivity index (χ0) is 14.5. The minimum absolute atomic E-state index is 0.307. The Morgan fingerprint density at radius 3 is 2.24 bits per heavy atom. The summed E-state index contributed by atoms with van der Waals surface area (Å²) in [5, 5.41) is 9.78. The van der Waals surface area contributed by atoms with E-state index in [2.05, 4.69) is 15.7 Å². The van der Waals surface area contributed by atoms with E-state index in [4.69, 9.17) is 0 Å². The minimum Gasteiger partial charge on any atom is -0.308 e. The molecule has 1 heterocycles. The number of carbonyl (C=O) groups is 1. The number of amides is 2. The molecule has 0 saturated heterocycles. The lowest BCUT2D eigenvalue weighted by atomic mass is 10.3. The summed E-state index contributed by atoms with van der Waals surface area (Å²) >= 11 is 0. The maximum Gasteiger partial charge on any atom is 0.324 e. The van der Waals surface area contributed by atoms with Gasteiger partial charge in [-0.15, -0.1) is 0 Å². The number of hydrogen-bond acceptors (Lipinski definition) is 2. The first-order valence-corrected chi connectivity index (χ1v) is 6.55. The molecule has 0 radical (unpaired) electrons. The summed E-state index contributed by atoms with van der Waals surface area (Å²) in [6.45, 7) is 0. The van der Waals surface area contributed by atoms with Crippen LogP contribution in [0.2, 0.25) is 0 Å². The molecule has 5 nitrogen and oxygen atoms in total. The highest BCUT2D eigenvalue weighted by molar-refractivity contribution is 5.99. The van der Waals surface area contributed by atoms with E-state index in [-0.39, 0.29) is 6.03 Å². The maximum absolute atomic E-state index is 12.0. The van der Waals surface area contributed by atoms with Gasteiger partial charge in [-0.05, 0) is 24.3 Å². The van der Waals surface area contributed by atoms with E-state index in [1.165, 1.54) is 0 Å². The monoisotopic (exact) mass is 278 g/mol. The minimum atomic E-state index is -0.307. The third-order valence-electron chi connectivity index (χ3n) is 2.92. The van der Waals surface area contributed by atoms with Crippen LogP contribution in [0.1, 0.15) is 0 Å². The van der Waals surface area contributed by atoms with Gasteiger partial charge in [-0.25, -0.2) is 9.48 Å². The number of para-hydroxylation sites is 2. The first kappa shape index (κ1) is 12.9. The Balaban J connectivity index is 1.74. The van der Waals surface area contributed by atoms with E-state index in [0.717, 1.165) is 11.4 Å². The van der Waals surface area contributed by atoms with Gasteiger partial charge in [-0.3, -0.25) is 5.32 Å². The fourth-order valence-electron chi connectivity index (χ4n) is 1.97.